The summed E-state index contributed by atoms with van der Waals surface area (Å²) in [6, 6.07) is 0. The van der Waals surface area contributed by atoms with Gasteiger partial charge in [-0.15, -0.1) is 0 Å². The summed E-state index contributed by atoms with van der Waals surface area (Å²) in [6.07, 6.45) is 3.45. The summed E-state index contributed by atoms with van der Waals surface area (Å²) in [5.41, 5.74) is 0. The number of anilines is 1. The number of hydrogen-bond donors (Lipinski definition) is 1. The molecule has 0 aromatic carbocycles. The highest BCUT2D eigenvalue weighted by atomic mass is 16.5. The summed E-state index contributed by atoms with van der Waals surface area (Å²) in [6.45, 7) is 6.56. The van der Waals surface area contributed by atoms with Gasteiger partial charge in [-0.1, -0.05) is 0 Å². The van der Waals surface area contributed by atoms with E-state index in [1.807, 2.05) is 20.8 Å². The predicted molar refractivity (Wildman–Crippen MR) is 62.8 cm³/mol. The van der Waals surface area contributed by atoms with E-state index in [2.05, 4.69) is 15.3 Å². The molecule has 90 valence electrons. The molecule has 0 amide bonds. The van der Waals surface area contributed by atoms with Crippen LogP contribution in [0.3, 0.4) is 0 Å². The minimum atomic E-state index is 0.0806. The van der Waals surface area contributed by atoms with Gasteiger partial charge in [0.15, 0.2) is 5.82 Å². The predicted octanol–water partition coefficient (Wildman–Crippen LogP) is 1.71. The lowest BCUT2D eigenvalue weighted by molar-refractivity contribution is 0.128. The summed E-state index contributed by atoms with van der Waals surface area (Å²) in [4.78, 5) is 8.32. The molecule has 1 heterocycles. The van der Waals surface area contributed by atoms with E-state index in [1.54, 1.807) is 19.5 Å². The van der Waals surface area contributed by atoms with Crippen LogP contribution in [-0.4, -0.2) is 35.8 Å². The highest BCUT2D eigenvalue weighted by Gasteiger charge is 2.08. The molecule has 1 unspecified atom stereocenters. The van der Waals surface area contributed by atoms with E-state index in [0.29, 0.717) is 18.2 Å². The second kappa shape index (κ2) is 6.27. The third-order valence-electron chi connectivity index (χ3n) is 1.97. The Morgan fingerprint density at radius 2 is 1.94 bits per heavy atom. The van der Waals surface area contributed by atoms with Crippen molar-refractivity contribution in [2.45, 2.75) is 33.0 Å². The van der Waals surface area contributed by atoms with Crippen molar-refractivity contribution in [3.63, 3.8) is 0 Å². The zero-order valence-corrected chi connectivity index (χ0v) is 10.2. The van der Waals surface area contributed by atoms with Crippen molar-refractivity contribution in [3.8, 4) is 5.88 Å². The largest absolute Gasteiger partial charge is 0.472 e. The molecule has 1 rings (SSSR count). The van der Waals surface area contributed by atoms with Crippen molar-refractivity contribution in [1.29, 1.82) is 0 Å². The average molecular weight is 225 g/mol. The number of hydrogen-bond acceptors (Lipinski definition) is 5. The number of nitrogens with zero attached hydrogens (tertiary/aromatic N) is 2. The lowest BCUT2D eigenvalue weighted by Crippen LogP contribution is -2.20. The van der Waals surface area contributed by atoms with Crippen LogP contribution in [0.2, 0.25) is 0 Å². The molecule has 1 aromatic rings. The van der Waals surface area contributed by atoms with Crippen molar-refractivity contribution in [2.24, 2.45) is 0 Å². The summed E-state index contributed by atoms with van der Waals surface area (Å²) in [7, 11) is 1.68. The van der Waals surface area contributed by atoms with Gasteiger partial charge >= 0.3 is 0 Å². The van der Waals surface area contributed by atoms with Gasteiger partial charge in [0.2, 0.25) is 0 Å². The van der Waals surface area contributed by atoms with Crippen LogP contribution >= 0.6 is 0 Å². The molecule has 0 fully saturated rings. The first-order valence-electron chi connectivity index (χ1n) is 5.37. The maximum Gasteiger partial charge on any atom is 0.257 e. The molecule has 1 atom stereocenters. The Morgan fingerprint density at radius 3 is 2.56 bits per heavy atom. The maximum atomic E-state index is 5.53. The van der Waals surface area contributed by atoms with Gasteiger partial charge in [0, 0.05) is 26.0 Å². The fourth-order valence-electron chi connectivity index (χ4n) is 1.08. The molecule has 0 spiro atoms. The molecule has 5 heteroatoms. The molecular weight excluding hydrogens is 206 g/mol. The van der Waals surface area contributed by atoms with Crippen LogP contribution in [0.5, 0.6) is 5.88 Å². The van der Waals surface area contributed by atoms with Crippen LogP contribution in [0, 0.1) is 0 Å². The highest BCUT2D eigenvalue weighted by Crippen LogP contribution is 2.18. The Hall–Kier alpha value is -1.36. The third-order valence-corrected chi connectivity index (χ3v) is 1.97. The van der Waals surface area contributed by atoms with Gasteiger partial charge in [0.05, 0.1) is 12.2 Å². The van der Waals surface area contributed by atoms with E-state index >= 15 is 0 Å². The lowest BCUT2D eigenvalue weighted by atomic mass is 10.4. The molecule has 5 nitrogen and oxygen atoms in total. The van der Waals surface area contributed by atoms with E-state index in [0.717, 1.165) is 0 Å². The quantitative estimate of drug-likeness (QED) is 0.798. The molecule has 16 heavy (non-hydrogen) atoms. The first-order chi connectivity index (χ1) is 7.63. The van der Waals surface area contributed by atoms with Crippen molar-refractivity contribution >= 4 is 5.82 Å². The van der Waals surface area contributed by atoms with Crippen LogP contribution in [-0.2, 0) is 4.74 Å². The van der Waals surface area contributed by atoms with Gasteiger partial charge < -0.3 is 14.8 Å². The molecular formula is C11H19N3O2. The Bertz CT molecular complexity index is 318. The molecule has 0 aliphatic rings. The summed E-state index contributed by atoms with van der Waals surface area (Å²) in [5.74, 6) is 1.18. The third kappa shape index (κ3) is 4.02. The zero-order chi connectivity index (χ0) is 12.0. The van der Waals surface area contributed by atoms with E-state index in [4.69, 9.17) is 9.47 Å². The first-order valence-corrected chi connectivity index (χ1v) is 5.37. The Kier molecular flexibility index (Phi) is 4.98. The molecule has 0 aliphatic heterocycles. The number of methoxy groups -OCH3 is 1. The summed E-state index contributed by atoms with van der Waals surface area (Å²) in [5, 5.41) is 3.15. The minimum Gasteiger partial charge on any atom is -0.472 e. The summed E-state index contributed by atoms with van der Waals surface area (Å²) >= 11 is 0. The van der Waals surface area contributed by atoms with Crippen LogP contribution in [0.15, 0.2) is 12.4 Å². The topological polar surface area (TPSA) is 56.3 Å². The molecule has 0 radical (unpaired) electrons. The number of ether oxygens (including phenoxy) is 2. The number of aromatic nitrogens is 2. The molecule has 1 N–H and O–H groups in total. The standard InChI is InChI=1S/C11H19N3O2/c1-8(2)16-11-10(12-5-6-13-11)14-7-9(3)15-4/h5-6,8-9H,7H2,1-4H3,(H,12,14). The molecule has 0 saturated heterocycles. The van der Waals surface area contributed by atoms with Gasteiger partial charge in [-0.3, -0.25) is 0 Å². The SMILES string of the molecule is COC(C)CNc1nccnc1OC(C)C. The van der Waals surface area contributed by atoms with Crippen molar-refractivity contribution in [2.75, 3.05) is 19.0 Å². The van der Waals surface area contributed by atoms with Crippen molar-refractivity contribution < 1.29 is 9.47 Å². The number of rotatable bonds is 6. The van der Waals surface area contributed by atoms with Crippen molar-refractivity contribution in [3.05, 3.63) is 12.4 Å². The molecule has 0 bridgehead atoms. The second-order valence-corrected chi connectivity index (χ2v) is 3.80. The van der Waals surface area contributed by atoms with Gasteiger partial charge in [0.1, 0.15) is 0 Å². The lowest BCUT2D eigenvalue weighted by Gasteiger charge is -2.15. The molecule has 0 aliphatic carbocycles. The average Bonchev–Trinajstić information content (AvgIpc) is 2.26. The fourth-order valence-corrected chi connectivity index (χ4v) is 1.08. The summed E-state index contributed by atoms with van der Waals surface area (Å²) < 4.78 is 10.7. The first kappa shape index (κ1) is 12.7. The Balaban J connectivity index is 2.63. The van der Waals surface area contributed by atoms with Crippen LogP contribution < -0.4 is 10.1 Å². The van der Waals surface area contributed by atoms with E-state index < -0.39 is 0 Å². The Labute approximate surface area is 96.2 Å². The number of nitrogens with one attached hydrogen (secondary N) is 1. The zero-order valence-electron chi connectivity index (χ0n) is 10.2. The molecule has 1 aromatic heterocycles. The van der Waals surface area contributed by atoms with Crippen molar-refractivity contribution in [1.82, 2.24) is 9.97 Å². The van der Waals surface area contributed by atoms with Gasteiger partial charge in [0.25, 0.3) is 5.88 Å². The second-order valence-electron chi connectivity index (χ2n) is 3.80. The smallest absolute Gasteiger partial charge is 0.257 e. The van der Waals surface area contributed by atoms with Gasteiger partial charge in [-0.05, 0) is 20.8 Å². The van der Waals surface area contributed by atoms with E-state index in [9.17, 15) is 0 Å². The van der Waals surface area contributed by atoms with Gasteiger partial charge in [-0.25, -0.2) is 9.97 Å². The van der Waals surface area contributed by atoms with Crippen LogP contribution in [0.1, 0.15) is 20.8 Å². The van der Waals surface area contributed by atoms with Crippen LogP contribution in [0.25, 0.3) is 0 Å². The van der Waals surface area contributed by atoms with Crippen LogP contribution in [0.4, 0.5) is 5.82 Å². The van der Waals surface area contributed by atoms with E-state index in [1.165, 1.54) is 0 Å². The monoisotopic (exact) mass is 225 g/mol. The molecule has 0 saturated carbocycles. The fraction of sp³-hybridized carbons (Fsp3) is 0.636. The highest BCUT2D eigenvalue weighted by molar-refractivity contribution is 5.44. The Morgan fingerprint density at radius 1 is 1.25 bits per heavy atom. The maximum absolute atomic E-state index is 5.53. The van der Waals surface area contributed by atoms with E-state index in [-0.39, 0.29) is 12.2 Å². The van der Waals surface area contributed by atoms with Gasteiger partial charge in [-0.2, -0.15) is 0 Å². The normalized spacial score (nSPS) is 12.6. The minimum absolute atomic E-state index is 0.0806.